The van der Waals surface area contributed by atoms with E-state index < -0.39 is 10.0 Å². The lowest BCUT2D eigenvalue weighted by atomic mass is 10.0. The molecule has 1 aromatic rings. The summed E-state index contributed by atoms with van der Waals surface area (Å²) < 4.78 is 27.1. The van der Waals surface area contributed by atoms with Crippen molar-refractivity contribution in [3.8, 4) is 0 Å². The molecule has 0 N–H and O–H groups in total. The second kappa shape index (κ2) is 4.62. The largest absolute Gasteiger partial charge is 0.243 e. The van der Waals surface area contributed by atoms with Crippen LogP contribution < -0.4 is 0 Å². The first kappa shape index (κ1) is 13.2. The average molecular weight is 298 g/mol. The Bertz CT molecular complexity index is 593. The third-order valence-corrected chi connectivity index (χ3v) is 6.26. The lowest BCUT2D eigenvalue weighted by Gasteiger charge is -2.34. The van der Waals surface area contributed by atoms with E-state index in [0.29, 0.717) is 9.92 Å². The molecule has 2 bridgehead atoms. The molecule has 2 heterocycles. The van der Waals surface area contributed by atoms with Gasteiger partial charge in [-0.1, -0.05) is 23.8 Å². The predicted octanol–water partition coefficient (Wildman–Crippen LogP) is 3.21. The van der Waals surface area contributed by atoms with Gasteiger partial charge in [0.1, 0.15) is 0 Å². The Morgan fingerprint density at radius 3 is 2.16 bits per heavy atom. The van der Waals surface area contributed by atoms with E-state index >= 15 is 0 Å². The topological polar surface area (TPSA) is 37.4 Å². The molecule has 0 unspecified atom stereocenters. The van der Waals surface area contributed by atoms with Crippen LogP contribution in [0.4, 0.5) is 0 Å². The minimum absolute atomic E-state index is 0.0897. The summed E-state index contributed by atoms with van der Waals surface area (Å²) in [5.74, 6) is 0. The van der Waals surface area contributed by atoms with E-state index in [-0.39, 0.29) is 12.1 Å². The van der Waals surface area contributed by atoms with Crippen molar-refractivity contribution >= 4 is 21.6 Å². The van der Waals surface area contributed by atoms with E-state index in [1.807, 2.05) is 0 Å². The third-order valence-electron chi connectivity index (χ3n) is 3.99. The minimum atomic E-state index is -3.40. The van der Waals surface area contributed by atoms with Gasteiger partial charge in [-0.2, -0.15) is 4.31 Å². The first-order chi connectivity index (χ1) is 8.98. The highest BCUT2D eigenvalue weighted by Crippen LogP contribution is 2.41. The Labute approximate surface area is 118 Å². The van der Waals surface area contributed by atoms with Crippen molar-refractivity contribution in [2.75, 3.05) is 0 Å². The fraction of sp³-hybridized carbons (Fsp3) is 0.429. The van der Waals surface area contributed by atoms with Crippen molar-refractivity contribution in [1.82, 2.24) is 4.31 Å². The van der Waals surface area contributed by atoms with Gasteiger partial charge in [0.15, 0.2) is 0 Å². The molecule has 2 fully saturated rings. The van der Waals surface area contributed by atoms with Gasteiger partial charge in [-0.3, -0.25) is 0 Å². The first-order valence-corrected chi connectivity index (χ1v) is 8.26. The van der Waals surface area contributed by atoms with Crippen molar-refractivity contribution in [2.24, 2.45) is 0 Å². The van der Waals surface area contributed by atoms with Gasteiger partial charge in [-0.05, 0) is 49.9 Å². The zero-order valence-electron chi connectivity index (χ0n) is 10.5. The van der Waals surface area contributed by atoms with Crippen LogP contribution in [0.15, 0.2) is 41.3 Å². The van der Waals surface area contributed by atoms with Gasteiger partial charge in [0.05, 0.1) is 4.90 Å². The van der Waals surface area contributed by atoms with E-state index in [2.05, 4.69) is 6.58 Å². The monoisotopic (exact) mass is 297 g/mol. The highest BCUT2D eigenvalue weighted by atomic mass is 35.5. The summed E-state index contributed by atoms with van der Waals surface area (Å²) in [7, 11) is -3.40. The van der Waals surface area contributed by atoms with Crippen molar-refractivity contribution in [3.63, 3.8) is 0 Å². The standard InChI is InChI=1S/C14H16ClNO2S/c1-10-8-12-4-5-13(9-10)16(12)19(17,18)14-6-2-11(15)3-7-14/h2-3,6-7,12-13H,1,4-5,8-9H2/t12-,13+. The minimum Gasteiger partial charge on any atom is -0.207 e. The molecule has 2 saturated heterocycles. The molecule has 2 atom stereocenters. The molecule has 2 aliphatic rings. The number of rotatable bonds is 2. The molecule has 0 aromatic heterocycles. The maximum Gasteiger partial charge on any atom is 0.243 e. The molecule has 1 aromatic carbocycles. The summed E-state index contributed by atoms with van der Waals surface area (Å²) in [6, 6.07) is 6.60. The number of fused-ring (bicyclic) bond motifs is 2. The summed E-state index contributed by atoms with van der Waals surface area (Å²) in [4.78, 5) is 0.335. The fourth-order valence-corrected chi connectivity index (χ4v) is 5.19. The Hall–Kier alpha value is -0.840. The number of hydrogen-bond acceptors (Lipinski definition) is 2. The summed E-state index contributed by atoms with van der Waals surface area (Å²) >= 11 is 5.82. The van der Waals surface area contributed by atoms with Crippen LogP contribution in [-0.2, 0) is 10.0 Å². The zero-order chi connectivity index (χ0) is 13.6. The second-order valence-corrected chi connectivity index (χ2v) is 7.61. The third kappa shape index (κ3) is 2.22. The van der Waals surface area contributed by atoms with Crippen LogP contribution in [-0.4, -0.2) is 24.8 Å². The van der Waals surface area contributed by atoms with Gasteiger partial charge in [-0.15, -0.1) is 0 Å². The molecule has 3 rings (SSSR count). The van der Waals surface area contributed by atoms with Crippen LogP contribution in [0.25, 0.3) is 0 Å². The van der Waals surface area contributed by atoms with E-state index in [4.69, 9.17) is 11.6 Å². The van der Waals surface area contributed by atoms with Crippen molar-refractivity contribution in [3.05, 3.63) is 41.4 Å². The molecule has 0 radical (unpaired) electrons. The SMILES string of the molecule is C=C1C[C@H]2CC[C@@H](C1)N2S(=O)(=O)c1ccc(Cl)cc1. The van der Waals surface area contributed by atoms with Crippen molar-refractivity contribution in [1.29, 1.82) is 0 Å². The Morgan fingerprint density at radius 2 is 1.63 bits per heavy atom. The maximum atomic E-state index is 12.7. The van der Waals surface area contributed by atoms with Gasteiger partial charge < -0.3 is 0 Å². The van der Waals surface area contributed by atoms with Gasteiger partial charge in [0.2, 0.25) is 10.0 Å². The van der Waals surface area contributed by atoms with Gasteiger partial charge >= 0.3 is 0 Å². The van der Waals surface area contributed by atoms with Gasteiger partial charge in [0, 0.05) is 17.1 Å². The fourth-order valence-electron chi connectivity index (χ4n) is 3.19. The van der Waals surface area contributed by atoms with Crippen LogP contribution in [0.5, 0.6) is 0 Å². The van der Waals surface area contributed by atoms with Crippen LogP contribution in [0.1, 0.15) is 25.7 Å². The second-order valence-electron chi connectivity index (χ2n) is 5.33. The molecular weight excluding hydrogens is 282 g/mol. The summed E-state index contributed by atoms with van der Waals surface area (Å²) in [5.41, 5.74) is 1.18. The van der Waals surface area contributed by atoms with E-state index in [0.717, 1.165) is 25.7 Å². The molecule has 102 valence electrons. The van der Waals surface area contributed by atoms with Gasteiger partial charge in [0.25, 0.3) is 0 Å². The predicted molar refractivity (Wildman–Crippen MR) is 75.7 cm³/mol. The maximum absolute atomic E-state index is 12.7. The molecule has 0 spiro atoms. The Kier molecular flexibility index (Phi) is 3.20. The average Bonchev–Trinajstić information content (AvgIpc) is 2.64. The highest BCUT2D eigenvalue weighted by molar-refractivity contribution is 7.89. The molecule has 0 aliphatic carbocycles. The number of halogens is 1. The summed E-state index contributed by atoms with van der Waals surface area (Å²) in [6.45, 7) is 4.02. The molecular formula is C14H16ClNO2S. The first-order valence-electron chi connectivity index (χ1n) is 6.44. The van der Waals surface area contributed by atoms with Crippen LogP contribution >= 0.6 is 11.6 Å². The van der Waals surface area contributed by atoms with Crippen molar-refractivity contribution < 1.29 is 8.42 Å². The molecule has 0 amide bonds. The normalized spacial score (nSPS) is 27.7. The molecule has 2 aliphatic heterocycles. The number of hydrogen-bond donors (Lipinski definition) is 0. The smallest absolute Gasteiger partial charge is 0.207 e. The number of benzene rings is 1. The number of piperidine rings is 1. The number of nitrogens with zero attached hydrogens (tertiary/aromatic N) is 1. The van der Waals surface area contributed by atoms with Crippen LogP contribution in [0.3, 0.4) is 0 Å². The van der Waals surface area contributed by atoms with Gasteiger partial charge in [-0.25, -0.2) is 8.42 Å². The van der Waals surface area contributed by atoms with Crippen LogP contribution in [0, 0.1) is 0 Å². The van der Waals surface area contributed by atoms with E-state index in [1.54, 1.807) is 28.6 Å². The molecule has 19 heavy (non-hydrogen) atoms. The number of sulfonamides is 1. The molecule has 0 saturated carbocycles. The van der Waals surface area contributed by atoms with Crippen molar-refractivity contribution in [2.45, 2.75) is 42.7 Å². The summed E-state index contributed by atoms with van der Waals surface area (Å²) in [5, 5.41) is 0.550. The Balaban J connectivity index is 1.97. The Morgan fingerprint density at radius 1 is 1.11 bits per heavy atom. The van der Waals surface area contributed by atoms with E-state index in [9.17, 15) is 8.42 Å². The lowest BCUT2D eigenvalue weighted by Crippen LogP contribution is -2.44. The molecule has 5 heteroatoms. The zero-order valence-corrected chi connectivity index (χ0v) is 12.1. The van der Waals surface area contributed by atoms with E-state index in [1.165, 1.54) is 5.57 Å². The lowest BCUT2D eigenvalue weighted by molar-refractivity contribution is 0.286. The highest BCUT2D eigenvalue weighted by Gasteiger charge is 2.45. The quantitative estimate of drug-likeness (QED) is 0.786. The molecule has 3 nitrogen and oxygen atoms in total. The van der Waals surface area contributed by atoms with Crippen LogP contribution in [0.2, 0.25) is 5.02 Å². The summed E-state index contributed by atoms with van der Waals surface area (Å²) in [6.07, 6.45) is 3.47.